The summed E-state index contributed by atoms with van der Waals surface area (Å²) in [5, 5.41) is 3.20. The van der Waals surface area contributed by atoms with Crippen molar-refractivity contribution >= 4 is 21.7 Å². The van der Waals surface area contributed by atoms with Crippen molar-refractivity contribution in [3.63, 3.8) is 0 Å². The molecule has 3 nitrogen and oxygen atoms in total. The summed E-state index contributed by atoms with van der Waals surface area (Å²) >= 11 is 3.28. The molecule has 1 heterocycles. The van der Waals surface area contributed by atoms with Gasteiger partial charge in [0.05, 0.1) is 6.04 Å². The van der Waals surface area contributed by atoms with Crippen molar-refractivity contribution in [3.05, 3.63) is 52.1 Å². The lowest BCUT2D eigenvalue weighted by Gasteiger charge is -2.15. The van der Waals surface area contributed by atoms with Gasteiger partial charge >= 0.3 is 0 Å². The summed E-state index contributed by atoms with van der Waals surface area (Å²) in [6.45, 7) is 3.71. The SMILES string of the molecule is Cc1ccc(C(C)Nc2cc(Br)ncn2)cc1F. The van der Waals surface area contributed by atoms with Gasteiger partial charge in [-0.05, 0) is 47.0 Å². The van der Waals surface area contributed by atoms with E-state index < -0.39 is 0 Å². The van der Waals surface area contributed by atoms with Crippen molar-refractivity contribution in [2.24, 2.45) is 0 Å². The fraction of sp³-hybridized carbons (Fsp3) is 0.231. The van der Waals surface area contributed by atoms with Crippen molar-refractivity contribution in [2.75, 3.05) is 5.32 Å². The highest BCUT2D eigenvalue weighted by atomic mass is 79.9. The molecule has 0 fully saturated rings. The zero-order valence-electron chi connectivity index (χ0n) is 10.1. The highest BCUT2D eigenvalue weighted by molar-refractivity contribution is 9.10. The van der Waals surface area contributed by atoms with Crippen LogP contribution in [0.2, 0.25) is 0 Å². The van der Waals surface area contributed by atoms with Crippen LogP contribution in [-0.2, 0) is 0 Å². The summed E-state index contributed by atoms with van der Waals surface area (Å²) < 4.78 is 14.2. The lowest BCUT2D eigenvalue weighted by atomic mass is 10.1. The molecule has 1 atom stereocenters. The van der Waals surface area contributed by atoms with E-state index in [0.29, 0.717) is 16.0 Å². The fourth-order valence-electron chi connectivity index (χ4n) is 1.60. The third kappa shape index (κ3) is 3.04. The molecule has 0 saturated heterocycles. The minimum absolute atomic E-state index is 0.0260. The Balaban J connectivity index is 2.16. The molecule has 1 aromatic heterocycles. The predicted molar refractivity (Wildman–Crippen MR) is 72.9 cm³/mol. The number of aromatic nitrogens is 2. The Morgan fingerprint density at radius 2 is 2.06 bits per heavy atom. The van der Waals surface area contributed by atoms with Crippen molar-refractivity contribution in [1.29, 1.82) is 0 Å². The number of benzene rings is 1. The molecular formula is C13H13BrFN3. The van der Waals surface area contributed by atoms with Crippen LogP contribution >= 0.6 is 15.9 Å². The van der Waals surface area contributed by atoms with E-state index in [-0.39, 0.29) is 11.9 Å². The van der Waals surface area contributed by atoms with Gasteiger partial charge in [-0.1, -0.05) is 12.1 Å². The third-order valence-corrected chi connectivity index (χ3v) is 3.13. The maximum atomic E-state index is 13.5. The first-order valence-corrected chi connectivity index (χ1v) is 6.35. The molecule has 0 saturated carbocycles. The van der Waals surface area contributed by atoms with Gasteiger partial charge < -0.3 is 5.32 Å². The molecule has 0 amide bonds. The Labute approximate surface area is 114 Å². The first-order valence-electron chi connectivity index (χ1n) is 5.56. The summed E-state index contributed by atoms with van der Waals surface area (Å²) in [7, 11) is 0. The molecule has 1 N–H and O–H groups in total. The number of nitrogens with zero attached hydrogens (tertiary/aromatic N) is 2. The zero-order valence-corrected chi connectivity index (χ0v) is 11.7. The Hall–Kier alpha value is -1.49. The summed E-state index contributed by atoms with van der Waals surface area (Å²) in [6, 6.07) is 6.98. The van der Waals surface area contributed by atoms with E-state index in [1.165, 1.54) is 6.33 Å². The molecule has 94 valence electrons. The topological polar surface area (TPSA) is 37.8 Å². The first-order chi connectivity index (χ1) is 8.56. The second-order valence-electron chi connectivity index (χ2n) is 4.10. The normalized spacial score (nSPS) is 12.2. The van der Waals surface area contributed by atoms with Gasteiger partial charge in [0.15, 0.2) is 0 Å². The summed E-state index contributed by atoms with van der Waals surface area (Å²) in [5.74, 6) is 0.510. The Bertz CT molecular complexity index is 560. The standard InChI is InChI=1S/C13H13BrFN3/c1-8-3-4-10(5-11(8)15)9(2)18-13-6-12(14)16-7-17-13/h3-7,9H,1-2H3,(H,16,17,18). The molecule has 0 aliphatic carbocycles. The van der Waals surface area contributed by atoms with Gasteiger partial charge in [-0.3, -0.25) is 0 Å². The molecule has 2 aromatic rings. The van der Waals surface area contributed by atoms with Crippen molar-refractivity contribution in [2.45, 2.75) is 19.9 Å². The number of hydrogen-bond acceptors (Lipinski definition) is 3. The van der Waals surface area contributed by atoms with Crippen LogP contribution in [0.1, 0.15) is 24.1 Å². The van der Waals surface area contributed by atoms with E-state index >= 15 is 0 Å². The van der Waals surface area contributed by atoms with E-state index in [0.717, 1.165) is 5.56 Å². The van der Waals surface area contributed by atoms with E-state index in [1.807, 2.05) is 13.0 Å². The van der Waals surface area contributed by atoms with E-state index in [2.05, 4.69) is 31.2 Å². The first kappa shape index (κ1) is 13.0. The van der Waals surface area contributed by atoms with Crippen LogP contribution < -0.4 is 5.32 Å². The Morgan fingerprint density at radius 3 is 2.72 bits per heavy atom. The van der Waals surface area contributed by atoms with Crippen molar-refractivity contribution < 1.29 is 4.39 Å². The molecule has 0 spiro atoms. The fourth-order valence-corrected chi connectivity index (χ4v) is 1.90. The van der Waals surface area contributed by atoms with Crippen LogP contribution in [0.4, 0.5) is 10.2 Å². The number of aryl methyl sites for hydroxylation is 1. The van der Waals surface area contributed by atoms with Gasteiger partial charge in [0, 0.05) is 6.07 Å². The molecule has 2 rings (SSSR count). The second kappa shape index (κ2) is 5.44. The summed E-state index contributed by atoms with van der Waals surface area (Å²) in [5.41, 5.74) is 1.53. The quantitative estimate of drug-likeness (QED) is 0.875. The van der Waals surface area contributed by atoms with E-state index in [4.69, 9.17) is 0 Å². The van der Waals surface area contributed by atoms with Gasteiger partial charge in [-0.25, -0.2) is 14.4 Å². The zero-order chi connectivity index (χ0) is 13.1. The van der Waals surface area contributed by atoms with Crippen LogP contribution in [0, 0.1) is 12.7 Å². The monoisotopic (exact) mass is 309 g/mol. The number of rotatable bonds is 3. The minimum atomic E-state index is -0.190. The Morgan fingerprint density at radius 1 is 1.28 bits per heavy atom. The second-order valence-corrected chi connectivity index (χ2v) is 4.91. The molecule has 0 bridgehead atoms. The van der Waals surface area contributed by atoms with Crippen LogP contribution in [-0.4, -0.2) is 9.97 Å². The van der Waals surface area contributed by atoms with Crippen LogP contribution in [0.5, 0.6) is 0 Å². The van der Waals surface area contributed by atoms with Gasteiger partial charge in [0.1, 0.15) is 22.6 Å². The van der Waals surface area contributed by atoms with Gasteiger partial charge in [-0.2, -0.15) is 0 Å². The van der Waals surface area contributed by atoms with E-state index in [9.17, 15) is 4.39 Å². The van der Waals surface area contributed by atoms with Gasteiger partial charge in [0.2, 0.25) is 0 Å². The molecule has 1 unspecified atom stereocenters. The predicted octanol–water partition coefficient (Wildman–Crippen LogP) is 3.86. The maximum Gasteiger partial charge on any atom is 0.130 e. The highest BCUT2D eigenvalue weighted by Crippen LogP contribution is 2.20. The smallest absolute Gasteiger partial charge is 0.130 e. The lowest BCUT2D eigenvalue weighted by molar-refractivity contribution is 0.614. The van der Waals surface area contributed by atoms with Crippen LogP contribution in [0.15, 0.2) is 35.2 Å². The molecule has 0 aliphatic rings. The largest absolute Gasteiger partial charge is 0.363 e. The average Bonchev–Trinajstić information content (AvgIpc) is 2.32. The number of hydrogen-bond donors (Lipinski definition) is 1. The summed E-state index contributed by atoms with van der Waals surface area (Å²) in [6.07, 6.45) is 1.47. The molecule has 18 heavy (non-hydrogen) atoms. The highest BCUT2D eigenvalue weighted by Gasteiger charge is 2.08. The van der Waals surface area contributed by atoms with E-state index in [1.54, 1.807) is 25.1 Å². The average molecular weight is 310 g/mol. The summed E-state index contributed by atoms with van der Waals surface area (Å²) in [4.78, 5) is 8.05. The lowest BCUT2D eigenvalue weighted by Crippen LogP contribution is -2.08. The van der Waals surface area contributed by atoms with Crippen LogP contribution in [0.3, 0.4) is 0 Å². The van der Waals surface area contributed by atoms with Crippen LogP contribution in [0.25, 0.3) is 0 Å². The molecule has 1 aromatic carbocycles. The molecule has 0 radical (unpaired) electrons. The number of anilines is 1. The van der Waals surface area contributed by atoms with Crippen molar-refractivity contribution in [3.8, 4) is 0 Å². The Kier molecular flexibility index (Phi) is 3.91. The van der Waals surface area contributed by atoms with Gasteiger partial charge in [0.25, 0.3) is 0 Å². The third-order valence-electron chi connectivity index (χ3n) is 2.69. The number of halogens is 2. The maximum absolute atomic E-state index is 13.5. The molecule has 5 heteroatoms. The minimum Gasteiger partial charge on any atom is -0.363 e. The number of nitrogens with one attached hydrogen (secondary N) is 1. The van der Waals surface area contributed by atoms with Crippen molar-refractivity contribution in [1.82, 2.24) is 9.97 Å². The molecular weight excluding hydrogens is 297 g/mol. The molecule has 0 aliphatic heterocycles. The van der Waals surface area contributed by atoms with Gasteiger partial charge in [-0.15, -0.1) is 0 Å².